The molecule has 0 bridgehead atoms. The zero-order valence-corrected chi connectivity index (χ0v) is 15.4. The van der Waals surface area contributed by atoms with Gasteiger partial charge in [-0.05, 0) is 70.4 Å². The van der Waals surface area contributed by atoms with E-state index in [1.807, 2.05) is 11.5 Å². The number of hydrogen-bond acceptors (Lipinski definition) is 4. The summed E-state index contributed by atoms with van der Waals surface area (Å²) in [7, 11) is 0. The maximum atomic E-state index is 12.8. The van der Waals surface area contributed by atoms with Gasteiger partial charge in [0.25, 0.3) is 5.56 Å². The van der Waals surface area contributed by atoms with Crippen LogP contribution in [0.15, 0.2) is 20.0 Å². The smallest absolute Gasteiger partial charge is 0.262 e. The minimum absolute atomic E-state index is 0.108. The van der Waals surface area contributed by atoms with Crippen molar-refractivity contribution in [2.75, 3.05) is 0 Å². The number of aryl methyl sites for hydroxylation is 2. The highest BCUT2D eigenvalue weighted by Gasteiger charge is 2.23. The molecule has 0 aromatic carbocycles. The second-order valence-corrected chi connectivity index (χ2v) is 8.95. The highest BCUT2D eigenvalue weighted by atomic mass is 79.9. The van der Waals surface area contributed by atoms with Crippen molar-refractivity contribution in [2.24, 2.45) is 0 Å². The molecule has 0 saturated heterocycles. The van der Waals surface area contributed by atoms with Crippen LogP contribution in [0.4, 0.5) is 0 Å². The van der Waals surface area contributed by atoms with Gasteiger partial charge in [0.05, 0.1) is 9.17 Å². The number of fused-ring (bicyclic) bond motifs is 2. The predicted octanol–water partition coefficient (Wildman–Crippen LogP) is 4.84. The molecule has 0 aliphatic carbocycles. The monoisotopic (exact) mass is 392 g/mol. The van der Waals surface area contributed by atoms with Crippen molar-refractivity contribution < 1.29 is 0 Å². The van der Waals surface area contributed by atoms with Crippen LogP contribution in [0.2, 0.25) is 0 Å². The van der Waals surface area contributed by atoms with Crippen molar-refractivity contribution in [3.8, 4) is 0 Å². The number of aromatic nitrogens is 2. The van der Waals surface area contributed by atoms with E-state index in [4.69, 9.17) is 4.98 Å². The van der Waals surface area contributed by atoms with E-state index < -0.39 is 0 Å². The lowest BCUT2D eigenvalue weighted by Crippen LogP contribution is -2.20. The van der Waals surface area contributed by atoms with E-state index in [2.05, 4.69) is 40.4 Å². The average Bonchev–Trinajstić information content (AvgIpc) is 3.13. The minimum Gasteiger partial charge on any atom is -0.292 e. The van der Waals surface area contributed by atoms with Gasteiger partial charge in [-0.1, -0.05) is 0 Å². The summed E-state index contributed by atoms with van der Waals surface area (Å²) in [6.07, 6.45) is 3.01. The number of nitrogens with zero attached hydrogens (tertiary/aromatic N) is 2. The number of allylic oxidation sites excluding steroid dienone is 1. The van der Waals surface area contributed by atoms with Gasteiger partial charge in [0.15, 0.2) is 0 Å². The Morgan fingerprint density at radius 2 is 2.23 bits per heavy atom. The molecule has 0 saturated carbocycles. The Balaban J connectivity index is 1.94. The Morgan fingerprint density at radius 3 is 2.95 bits per heavy atom. The van der Waals surface area contributed by atoms with E-state index in [1.54, 1.807) is 22.7 Å². The third-order valence-corrected chi connectivity index (χ3v) is 6.73. The van der Waals surface area contributed by atoms with E-state index in [0.717, 1.165) is 49.5 Å². The second-order valence-electron chi connectivity index (χ2n) is 5.46. The Labute approximate surface area is 144 Å². The first kappa shape index (κ1) is 14.4. The fourth-order valence-electron chi connectivity index (χ4n) is 2.86. The second kappa shape index (κ2) is 5.15. The SMILES string of the molecule is Cc1sc2nc3n(c(=O)c2c1C)CCC3=Cc1csc(Br)c1. The fourth-order valence-corrected chi connectivity index (χ4v) is 5.01. The Bertz CT molecular complexity index is 994. The molecule has 0 fully saturated rings. The summed E-state index contributed by atoms with van der Waals surface area (Å²) in [5.74, 6) is 0.834. The summed E-state index contributed by atoms with van der Waals surface area (Å²) >= 11 is 6.77. The molecule has 0 amide bonds. The molecule has 0 radical (unpaired) electrons. The van der Waals surface area contributed by atoms with E-state index in [0.29, 0.717) is 0 Å². The van der Waals surface area contributed by atoms with Crippen LogP contribution in [0.5, 0.6) is 0 Å². The van der Waals surface area contributed by atoms with E-state index in [9.17, 15) is 4.79 Å². The van der Waals surface area contributed by atoms with Crippen LogP contribution in [-0.4, -0.2) is 9.55 Å². The number of thiophene rings is 2. The first-order valence-corrected chi connectivity index (χ1v) is 9.49. The average molecular weight is 393 g/mol. The van der Waals surface area contributed by atoms with Crippen LogP contribution in [0, 0.1) is 13.8 Å². The first-order chi connectivity index (χ1) is 10.5. The molecule has 112 valence electrons. The molecule has 0 atom stereocenters. The summed E-state index contributed by atoms with van der Waals surface area (Å²) in [6, 6.07) is 2.09. The molecule has 3 nitrogen and oxygen atoms in total. The molecule has 22 heavy (non-hydrogen) atoms. The van der Waals surface area contributed by atoms with Crippen molar-refractivity contribution in [3.63, 3.8) is 0 Å². The van der Waals surface area contributed by atoms with Crippen molar-refractivity contribution in [3.05, 3.63) is 47.4 Å². The largest absolute Gasteiger partial charge is 0.292 e. The molecule has 1 aliphatic heterocycles. The summed E-state index contributed by atoms with van der Waals surface area (Å²) in [6.45, 7) is 4.79. The molecule has 6 heteroatoms. The quantitative estimate of drug-likeness (QED) is 0.593. The fraction of sp³-hybridized carbons (Fsp3) is 0.250. The third-order valence-electron chi connectivity index (χ3n) is 4.11. The number of rotatable bonds is 1. The van der Waals surface area contributed by atoms with E-state index in [1.165, 1.54) is 4.88 Å². The lowest BCUT2D eigenvalue weighted by Gasteiger charge is -2.03. The summed E-state index contributed by atoms with van der Waals surface area (Å²) in [5, 5.41) is 2.90. The Morgan fingerprint density at radius 1 is 1.41 bits per heavy atom. The lowest BCUT2D eigenvalue weighted by molar-refractivity contribution is 0.726. The van der Waals surface area contributed by atoms with Gasteiger partial charge in [0.2, 0.25) is 0 Å². The minimum atomic E-state index is 0.108. The summed E-state index contributed by atoms with van der Waals surface area (Å²) in [4.78, 5) is 19.6. The molecule has 4 rings (SSSR count). The predicted molar refractivity (Wildman–Crippen MR) is 97.9 cm³/mol. The van der Waals surface area contributed by atoms with Gasteiger partial charge >= 0.3 is 0 Å². The molecule has 0 spiro atoms. The van der Waals surface area contributed by atoms with Gasteiger partial charge in [0.1, 0.15) is 10.7 Å². The van der Waals surface area contributed by atoms with E-state index in [-0.39, 0.29) is 5.56 Å². The molecule has 1 aliphatic rings. The molecule has 4 heterocycles. The highest BCUT2D eigenvalue weighted by molar-refractivity contribution is 9.11. The molecular weight excluding hydrogens is 380 g/mol. The Hall–Kier alpha value is -1.24. The van der Waals surface area contributed by atoms with Crippen LogP contribution >= 0.6 is 38.6 Å². The maximum Gasteiger partial charge on any atom is 0.262 e. The van der Waals surface area contributed by atoms with Crippen molar-refractivity contribution in [2.45, 2.75) is 26.8 Å². The lowest BCUT2D eigenvalue weighted by atomic mass is 10.1. The Kier molecular flexibility index (Phi) is 3.36. The third kappa shape index (κ3) is 2.13. The van der Waals surface area contributed by atoms with E-state index >= 15 is 0 Å². The van der Waals surface area contributed by atoms with Gasteiger partial charge in [0, 0.05) is 11.4 Å². The number of halogens is 1. The van der Waals surface area contributed by atoms with Crippen LogP contribution in [-0.2, 0) is 6.54 Å². The van der Waals surface area contributed by atoms with Gasteiger partial charge in [-0.15, -0.1) is 22.7 Å². The van der Waals surface area contributed by atoms with Crippen LogP contribution < -0.4 is 5.56 Å². The summed E-state index contributed by atoms with van der Waals surface area (Å²) in [5.41, 5.74) is 3.49. The molecule has 0 unspecified atom stereocenters. The summed E-state index contributed by atoms with van der Waals surface area (Å²) < 4.78 is 2.94. The maximum absolute atomic E-state index is 12.8. The number of hydrogen-bond donors (Lipinski definition) is 0. The van der Waals surface area contributed by atoms with Gasteiger partial charge < -0.3 is 0 Å². The standard InChI is InChI=1S/C16H13BrN2OS2/c1-8-9(2)22-15-13(8)16(20)19-4-3-11(14(19)18-15)5-10-6-12(17)21-7-10/h5-7H,3-4H2,1-2H3. The zero-order valence-electron chi connectivity index (χ0n) is 12.1. The van der Waals surface area contributed by atoms with Gasteiger partial charge in [-0.3, -0.25) is 9.36 Å². The highest BCUT2D eigenvalue weighted by Crippen LogP contribution is 2.32. The zero-order chi connectivity index (χ0) is 15.4. The van der Waals surface area contributed by atoms with Crippen LogP contribution in [0.3, 0.4) is 0 Å². The van der Waals surface area contributed by atoms with Crippen molar-refractivity contribution >= 4 is 60.5 Å². The normalized spacial score (nSPS) is 15.9. The molecule has 3 aromatic rings. The van der Waals surface area contributed by atoms with Crippen LogP contribution in [0.1, 0.15) is 28.2 Å². The van der Waals surface area contributed by atoms with Gasteiger partial charge in [-0.25, -0.2) is 4.98 Å². The van der Waals surface area contributed by atoms with Crippen molar-refractivity contribution in [1.29, 1.82) is 0 Å². The van der Waals surface area contributed by atoms with Gasteiger partial charge in [-0.2, -0.15) is 0 Å². The molecule has 0 N–H and O–H groups in total. The van der Waals surface area contributed by atoms with Crippen molar-refractivity contribution in [1.82, 2.24) is 9.55 Å². The first-order valence-electron chi connectivity index (χ1n) is 7.00. The molecule has 3 aromatic heterocycles. The molecular formula is C16H13BrN2OS2. The van der Waals surface area contributed by atoms with Crippen LogP contribution in [0.25, 0.3) is 21.9 Å². The topological polar surface area (TPSA) is 34.9 Å².